The van der Waals surface area contributed by atoms with E-state index >= 15 is 0 Å². The lowest BCUT2D eigenvalue weighted by Crippen LogP contribution is -2.24. The molecule has 1 aromatic carbocycles. The van der Waals surface area contributed by atoms with Crippen LogP contribution in [0.1, 0.15) is 46.6 Å². The van der Waals surface area contributed by atoms with Gasteiger partial charge >= 0.3 is 0 Å². The van der Waals surface area contributed by atoms with Gasteiger partial charge in [0.15, 0.2) is 0 Å². The standard InChI is InChI=1S/C18H23FN2/c1-6-20-18(15-9-13(4)21-14(5)10-15)17-12(3)7-11(2)8-16(17)19/h7-10,18,20H,6H2,1-5H3. The first-order valence-electron chi connectivity index (χ1n) is 7.37. The van der Waals surface area contributed by atoms with Gasteiger partial charge in [-0.25, -0.2) is 4.39 Å². The summed E-state index contributed by atoms with van der Waals surface area (Å²) in [6.07, 6.45) is 0. The van der Waals surface area contributed by atoms with Gasteiger partial charge in [0.2, 0.25) is 0 Å². The van der Waals surface area contributed by atoms with E-state index in [4.69, 9.17) is 0 Å². The lowest BCUT2D eigenvalue weighted by Gasteiger charge is -2.22. The number of aryl methyl sites for hydroxylation is 4. The minimum atomic E-state index is -0.148. The molecule has 0 saturated carbocycles. The Morgan fingerprint density at radius 1 is 1.05 bits per heavy atom. The zero-order valence-electron chi connectivity index (χ0n) is 13.4. The molecule has 0 radical (unpaired) electrons. The van der Waals surface area contributed by atoms with Crippen LogP contribution in [0, 0.1) is 33.5 Å². The topological polar surface area (TPSA) is 24.9 Å². The largest absolute Gasteiger partial charge is 0.306 e. The summed E-state index contributed by atoms with van der Waals surface area (Å²) < 4.78 is 14.5. The van der Waals surface area contributed by atoms with Crippen molar-refractivity contribution in [2.45, 2.75) is 40.7 Å². The molecule has 1 heterocycles. The van der Waals surface area contributed by atoms with Crippen molar-refractivity contribution in [3.63, 3.8) is 0 Å². The summed E-state index contributed by atoms with van der Waals surface area (Å²) in [4.78, 5) is 4.41. The molecule has 1 aromatic heterocycles. The second-order valence-electron chi connectivity index (χ2n) is 5.65. The number of pyridine rings is 1. The lowest BCUT2D eigenvalue weighted by atomic mass is 9.93. The van der Waals surface area contributed by atoms with Gasteiger partial charge in [-0.05, 0) is 69.1 Å². The van der Waals surface area contributed by atoms with Gasteiger partial charge in [0.1, 0.15) is 5.82 Å². The van der Waals surface area contributed by atoms with Crippen LogP contribution in [-0.4, -0.2) is 11.5 Å². The van der Waals surface area contributed by atoms with E-state index in [1.54, 1.807) is 6.07 Å². The van der Waals surface area contributed by atoms with Crippen LogP contribution in [0.15, 0.2) is 24.3 Å². The summed E-state index contributed by atoms with van der Waals surface area (Å²) in [6, 6.07) is 7.55. The quantitative estimate of drug-likeness (QED) is 0.913. The zero-order chi connectivity index (χ0) is 15.6. The Labute approximate surface area is 126 Å². The summed E-state index contributed by atoms with van der Waals surface area (Å²) >= 11 is 0. The first-order chi connectivity index (χ1) is 9.92. The highest BCUT2D eigenvalue weighted by Crippen LogP contribution is 2.29. The number of rotatable bonds is 4. The molecule has 2 aromatic rings. The first-order valence-corrected chi connectivity index (χ1v) is 7.37. The number of hydrogen-bond acceptors (Lipinski definition) is 2. The van der Waals surface area contributed by atoms with Crippen LogP contribution in [-0.2, 0) is 0 Å². The Bertz CT molecular complexity index is 606. The summed E-state index contributed by atoms with van der Waals surface area (Å²) in [5.41, 5.74) is 5.63. The smallest absolute Gasteiger partial charge is 0.128 e. The van der Waals surface area contributed by atoms with Crippen LogP contribution in [0.2, 0.25) is 0 Å². The Balaban J connectivity index is 2.58. The number of aromatic nitrogens is 1. The predicted octanol–water partition coefficient (Wildman–Crippen LogP) is 4.15. The highest BCUT2D eigenvalue weighted by molar-refractivity contribution is 5.40. The molecular formula is C18H23FN2. The van der Waals surface area contributed by atoms with E-state index in [1.165, 1.54) is 0 Å². The number of benzene rings is 1. The highest BCUT2D eigenvalue weighted by Gasteiger charge is 2.20. The van der Waals surface area contributed by atoms with Crippen LogP contribution in [0.25, 0.3) is 0 Å². The molecule has 2 rings (SSSR count). The van der Waals surface area contributed by atoms with Crippen molar-refractivity contribution in [3.05, 3.63) is 63.7 Å². The maximum atomic E-state index is 14.5. The van der Waals surface area contributed by atoms with Crippen LogP contribution in [0.3, 0.4) is 0 Å². The number of hydrogen-bond donors (Lipinski definition) is 1. The lowest BCUT2D eigenvalue weighted by molar-refractivity contribution is 0.554. The monoisotopic (exact) mass is 286 g/mol. The van der Waals surface area contributed by atoms with Gasteiger partial charge in [-0.3, -0.25) is 4.98 Å². The third kappa shape index (κ3) is 3.48. The van der Waals surface area contributed by atoms with Crippen LogP contribution in [0.4, 0.5) is 4.39 Å². The molecule has 0 aliphatic carbocycles. The Morgan fingerprint density at radius 3 is 2.19 bits per heavy atom. The Morgan fingerprint density at radius 2 is 1.67 bits per heavy atom. The van der Waals surface area contributed by atoms with Gasteiger partial charge in [-0.15, -0.1) is 0 Å². The fourth-order valence-electron chi connectivity index (χ4n) is 2.92. The third-order valence-corrected chi connectivity index (χ3v) is 3.61. The fraction of sp³-hybridized carbons (Fsp3) is 0.389. The average molecular weight is 286 g/mol. The first kappa shape index (κ1) is 15.6. The van der Waals surface area contributed by atoms with Crippen molar-refractivity contribution in [2.24, 2.45) is 0 Å². The van der Waals surface area contributed by atoms with Crippen LogP contribution in [0.5, 0.6) is 0 Å². The van der Waals surface area contributed by atoms with Crippen LogP contribution >= 0.6 is 0 Å². The van der Waals surface area contributed by atoms with Crippen molar-refractivity contribution in [1.29, 1.82) is 0 Å². The van der Waals surface area contributed by atoms with Gasteiger partial charge in [0, 0.05) is 17.0 Å². The Hall–Kier alpha value is -1.74. The van der Waals surface area contributed by atoms with Crippen molar-refractivity contribution >= 4 is 0 Å². The third-order valence-electron chi connectivity index (χ3n) is 3.61. The predicted molar refractivity (Wildman–Crippen MR) is 85.1 cm³/mol. The molecule has 0 saturated heterocycles. The molecule has 0 fully saturated rings. The number of halogens is 1. The summed E-state index contributed by atoms with van der Waals surface area (Å²) in [5.74, 6) is -0.148. The molecule has 2 nitrogen and oxygen atoms in total. The zero-order valence-corrected chi connectivity index (χ0v) is 13.4. The molecule has 0 aliphatic rings. The summed E-state index contributed by atoms with van der Waals surface area (Å²) in [5, 5.41) is 3.40. The molecule has 3 heteroatoms. The minimum absolute atomic E-state index is 0.143. The number of nitrogens with one attached hydrogen (secondary N) is 1. The van der Waals surface area contributed by atoms with Gasteiger partial charge in [-0.1, -0.05) is 13.0 Å². The summed E-state index contributed by atoms with van der Waals surface area (Å²) in [6.45, 7) is 10.6. The SMILES string of the molecule is CCNC(c1cc(C)nc(C)c1)c1c(C)cc(C)cc1F. The second kappa shape index (κ2) is 6.35. The second-order valence-corrected chi connectivity index (χ2v) is 5.65. The van der Waals surface area contributed by atoms with E-state index in [9.17, 15) is 4.39 Å². The van der Waals surface area contributed by atoms with E-state index < -0.39 is 0 Å². The molecule has 0 spiro atoms. The maximum Gasteiger partial charge on any atom is 0.128 e. The molecule has 0 aliphatic heterocycles. The van der Waals surface area contributed by atoms with Gasteiger partial charge < -0.3 is 5.32 Å². The normalized spacial score (nSPS) is 12.5. The minimum Gasteiger partial charge on any atom is -0.306 e. The molecule has 112 valence electrons. The van der Waals surface area contributed by atoms with E-state index in [1.807, 2.05) is 52.8 Å². The van der Waals surface area contributed by atoms with Crippen molar-refractivity contribution in [2.75, 3.05) is 6.54 Å². The molecule has 1 N–H and O–H groups in total. The molecule has 0 amide bonds. The number of nitrogens with zero attached hydrogens (tertiary/aromatic N) is 1. The molecule has 1 atom stereocenters. The van der Waals surface area contributed by atoms with Crippen molar-refractivity contribution in [3.8, 4) is 0 Å². The van der Waals surface area contributed by atoms with E-state index in [2.05, 4.69) is 10.3 Å². The van der Waals surface area contributed by atoms with Crippen LogP contribution < -0.4 is 5.32 Å². The molecular weight excluding hydrogens is 263 g/mol. The summed E-state index contributed by atoms with van der Waals surface area (Å²) in [7, 11) is 0. The highest BCUT2D eigenvalue weighted by atomic mass is 19.1. The van der Waals surface area contributed by atoms with Gasteiger partial charge in [-0.2, -0.15) is 0 Å². The van der Waals surface area contributed by atoms with E-state index in [0.29, 0.717) is 0 Å². The van der Waals surface area contributed by atoms with Crippen molar-refractivity contribution < 1.29 is 4.39 Å². The van der Waals surface area contributed by atoms with E-state index in [0.717, 1.165) is 40.2 Å². The molecule has 1 unspecified atom stereocenters. The van der Waals surface area contributed by atoms with E-state index in [-0.39, 0.29) is 11.9 Å². The maximum absolute atomic E-state index is 14.5. The van der Waals surface area contributed by atoms with Gasteiger partial charge in [0.25, 0.3) is 0 Å². The average Bonchev–Trinajstić information content (AvgIpc) is 2.35. The van der Waals surface area contributed by atoms with Gasteiger partial charge in [0.05, 0.1) is 6.04 Å². The molecule has 0 bridgehead atoms. The van der Waals surface area contributed by atoms with Crippen molar-refractivity contribution in [1.82, 2.24) is 10.3 Å². The molecule has 21 heavy (non-hydrogen) atoms. The fourth-order valence-corrected chi connectivity index (χ4v) is 2.92. The Kier molecular flexibility index (Phi) is 4.73.